The number of rotatable bonds is 9. The third-order valence-corrected chi connectivity index (χ3v) is 11.3. The zero-order valence-electron chi connectivity index (χ0n) is 30.0. The van der Waals surface area contributed by atoms with E-state index < -0.39 is 0 Å². The van der Waals surface area contributed by atoms with E-state index in [-0.39, 0.29) is 5.41 Å². The van der Waals surface area contributed by atoms with Crippen LogP contribution in [0.1, 0.15) is 50.7 Å². The largest absolute Gasteiger partial charge is 0.309 e. The molecule has 8 aromatic rings. The molecule has 0 N–H and O–H groups in total. The van der Waals surface area contributed by atoms with Gasteiger partial charge in [-0.15, -0.1) is 0 Å². The number of nitrogens with zero attached hydrogens (tertiary/aromatic N) is 1. The number of hydrogen-bond acceptors (Lipinski definition) is 1. The van der Waals surface area contributed by atoms with Crippen molar-refractivity contribution in [3.63, 3.8) is 0 Å². The standard InChI is InChI=1S/C51H43N/c1-3-30-51(31-4-2)47-27-17-16-26-43(47)45-34-46-44(35-48(45)51)41-25-15-14-22-39(41)33-50(46)52(40-23-12-7-13-24-40)49-32-38(36-18-8-5-9-19-36)28-29-42(49)37-20-10-6-11-21-37/h5-29,32-35H,3-4,30-31H2,1-2H3. The molecular weight excluding hydrogens is 627 g/mol. The van der Waals surface area contributed by atoms with Crippen molar-refractivity contribution in [2.24, 2.45) is 0 Å². The molecule has 1 aliphatic carbocycles. The molecule has 1 aliphatic rings. The minimum atomic E-state index is 0.0182. The van der Waals surface area contributed by atoms with E-state index in [1.54, 1.807) is 0 Å². The van der Waals surface area contributed by atoms with Crippen LogP contribution in [-0.4, -0.2) is 0 Å². The maximum Gasteiger partial charge on any atom is 0.0546 e. The predicted molar refractivity (Wildman–Crippen MR) is 223 cm³/mol. The Balaban J connectivity index is 1.40. The van der Waals surface area contributed by atoms with E-state index in [4.69, 9.17) is 0 Å². The van der Waals surface area contributed by atoms with Crippen LogP contribution in [0.25, 0.3) is 54.9 Å². The van der Waals surface area contributed by atoms with Crippen molar-refractivity contribution in [1.82, 2.24) is 0 Å². The average Bonchev–Trinajstić information content (AvgIpc) is 3.47. The first-order chi connectivity index (χ1) is 25.7. The molecule has 0 radical (unpaired) electrons. The summed E-state index contributed by atoms with van der Waals surface area (Å²) in [7, 11) is 0. The van der Waals surface area contributed by atoms with Crippen LogP contribution in [-0.2, 0) is 5.41 Å². The van der Waals surface area contributed by atoms with E-state index in [1.165, 1.54) is 71.7 Å². The molecule has 52 heavy (non-hydrogen) atoms. The minimum Gasteiger partial charge on any atom is -0.309 e. The van der Waals surface area contributed by atoms with Crippen LogP contribution in [0.3, 0.4) is 0 Å². The number of fused-ring (bicyclic) bond motifs is 6. The van der Waals surface area contributed by atoms with Crippen molar-refractivity contribution in [3.05, 3.63) is 187 Å². The Bertz CT molecular complexity index is 2530. The fourth-order valence-electron chi connectivity index (χ4n) is 9.10. The molecule has 0 aromatic heterocycles. The average molecular weight is 670 g/mol. The van der Waals surface area contributed by atoms with Crippen molar-refractivity contribution in [2.45, 2.75) is 44.9 Å². The van der Waals surface area contributed by atoms with Gasteiger partial charge in [-0.1, -0.05) is 166 Å². The number of hydrogen-bond donors (Lipinski definition) is 0. The lowest BCUT2D eigenvalue weighted by atomic mass is 9.71. The molecule has 0 bridgehead atoms. The monoisotopic (exact) mass is 669 g/mol. The van der Waals surface area contributed by atoms with Gasteiger partial charge in [0.15, 0.2) is 0 Å². The molecule has 252 valence electrons. The normalized spacial score (nSPS) is 12.9. The van der Waals surface area contributed by atoms with Crippen LogP contribution in [0.15, 0.2) is 176 Å². The highest BCUT2D eigenvalue weighted by Crippen LogP contribution is 2.56. The van der Waals surface area contributed by atoms with E-state index in [0.717, 1.165) is 37.1 Å². The summed E-state index contributed by atoms with van der Waals surface area (Å²) in [6.07, 6.45) is 4.59. The smallest absolute Gasteiger partial charge is 0.0546 e. The minimum absolute atomic E-state index is 0.0182. The van der Waals surface area contributed by atoms with Gasteiger partial charge in [-0.25, -0.2) is 0 Å². The van der Waals surface area contributed by atoms with E-state index >= 15 is 0 Å². The van der Waals surface area contributed by atoms with E-state index in [0.29, 0.717) is 0 Å². The molecule has 0 fully saturated rings. The SMILES string of the molecule is CCCC1(CCC)c2ccccc2-c2cc3c(N(c4ccccc4)c4cc(-c5ccccc5)ccc4-c4ccccc4)cc4ccccc4c3cc21. The molecular formula is C51H43N. The fraction of sp³-hybridized carbons (Fsp3) is 0.137. The molecule has 0 amide bonds. The Morgan fingerprint density at radius 3 is 1.77 bits per heavy atom. The van der Waals surface area contributed by atoms with E-state index in [1.807, 2.05) is 0 Å². The van der Waals surface area contributed by atoms with Crippen LogP contribution in [0.5, 0.6) is 0 Å². The van der Waals surface area contributed by atoms with E-state index in [2.05, 4.69) is 195 Å². The van der Waals surface area contributed by atoms with Crippen LogP contribution in [0, 0.1) is 0 Å². The second-order valence-corrected chi connectivity index (χ2v) is 14.3. The first kappa shape index (κ1) is 32.0. The zero-order chi connectivity index (χ0) is 35.1. The van der Waals surface area contributed by atoms with E-state index in [9.17, 15) is 0 Å². The number of para-hydroxylation sites is 1. The van der Waals surface area contributed by atoms with Gasteiger partial charge in [0.25, 0.3) is 0 Å². The van der Waals surface area contributed by atoms with Gasteiger partial charge in [-0.2, -0.15) is 0 Å². The van der Waals surface area contributed by atoms with Gasteiger partial charge in [0, 0.05) is 22.1 Å². The second-order valence-electron chi connectivity index (χ2n) is 14.3. The van der Waals surface area contributed by atoms with Gasteiger partial charge in [0.05, 0.1) is 11.4 Å². The highest BCUT2D eigenvalue weighted by atomic mass is 15.1. The summed E-state index contributed by atoms with van der Waals surface area (Å²) in [5, 5.41) is 5.14. The van der Waals surface area contributed by atoms with Crippen molar-refractivity contribution < 1.29 is 0 Å². The van der Waals surface area contributed by atoms with Gasteiger partial charge in [-0.05, 0) is 104 Å². The Labute approximate surface area is 307 Å². The van der Waals surface area contributed by atoms with Gasteiger partial charge in [0.2, 0.25) is 0 Å². The Morgan fingerprint density at radius 1 is 0.404 bits per heavy atom. The topological polar surface area (TPSA) is 3.24 Å². The van der Waals surface area contributed by atoms with Crippen molar-refractivity contribution in [3.8, 4) is 33.4 Å². The Hall–Kier alpha value is -5.92. The van der Waals surface area contributed by atoms with Crippen molar-refractivity contribution >= 4 is 38.6 Å². The molecule has 0 heterocycles. The summed E-state index contributed by atoms with van der Waals surface area (Å²) in [6.45, 7) is 4.69. The molecule has 0 unspecified atom stereocenters. The van der Waals surface area contributed by atoms with Crippen molar-refractivity contribution in [2.75, 3.05) is 4.90 Å². The Kier molecular flexibility index (Phi) is 8.20. The second kappa shape index (κ2) is 13.3. The predicted octanol–water partition coefficient (Wildman–Crippen LogP) is 14.7. The molecule has 0 saturated heterocycles. The molecule has 1 heteroatoms. The molecule has 0 atom stereocenters. The molecule has 9 rings (SSSR count). The summed E-state index contributed by atoms with van der Waals surface area (Å²) in [4.78, 5) is 2.52. The lowest BCUT2D eigenvalue weighted by Crippen LogP contribution is -2.25. The van der Waals surface area contributed by atoms with Crippen LogP contribution in [0.4, 0.5) is 17.1 Å². The number of anilines is 3. The maximum atomic E-state index is 2.59. The zero-order valence-corrected chi connectivity index (χ0v) is 30.0. The summed E-state index contributed by atoms with van der Waals surface area (Å²) in [6, 6.07) is 65.3. The highest BCUT2D eigenvalue weighted by Gasteiger charge is 2.42. The van der Waals surface area contributed by atoms with Crippen molar-refractivity contribution in [1.29, 1.82) is 0 Å². The maximum absolute atomic E-state index is 2.59. The third kappa shape index (κ3) is 5.23. The fourth-order valence-corrected chi connectivity index (χ4v) is 9.10. The summed E-state index contributed by atoms with van der Waals surface area (Å²) < 4.78 is 0. The summed E-state index contributed by atoms with van der Waals surface area (Å²) in [5.41, 5.74) is 14.1. The summed E-state index contributed by atoms with van der Waals surface area (Å²) in [5.74, 6) is 0. The van der Waals surface area contributed by atoms with Gasteiger partial charge in [0.1, 0.15) is 0 Å². The molecule has 0 aliphatic heterocycles. The first-order valence-electron chi connectivity index (χ1n) is 18.9. The van der Waals surface area contributed by atoms with Crippen LogP contribution >= 0.6 is 0 Å². The molecule has 0 saturated carbocycles. The van der Waals surface area contributed by atoms with Crippen LogP contribution < -0.4 is 4.90 Å². The Morgan fingerprint density at radius 2 is 1.04 bits per heavy atom. The molecule has 8 aromatic carbocycles. The van der Waals surface area contributed by atoms with Gasteiger partial charge >= 0.3 is 0 Å². The van der Waals surface area contributed by atoms with Gasteiger partial charge in [-0.3, -0.25) is 0 Å². The number of benzene rings is 8. The lowest BCUT2D eigenvalue weighted by Gasteiger charge is -2.33. The first-order valence-corrected chi connectivity index (χ1v) is 18.9. The van der Waals surface area contributed by atoms with Gasteiger partial charge < -0.3 is 4.90 Å². The highest BCUT2D eigenvalue weighted by molar-refractivity contribution is 6.17. The third-order valence-electron chi connectivity index (χ3n) is 11.3. The molecule has 0 spiro atoms. The molecule has 1 nitrogen and oxygen atoms in total. The van der Waals surface area contributed by atoms with Crippen LogP contribution in [0.2, 0.25) is 0 Å². The quantitative estimate of drug-likeness (QED) is 0.138. The summed E-state index contributed by atoms with van der Waals surface area (Å²) >= 11 is 0. The lowest BCUT2D eigenvalue weighted by molar-refractivity contribution is 0.436.